The highest BCUT2D eigenvalue weighted by Crippen LogP contribution is 2.34. The molecule has 1 unspecified atom stereocenters. The molecule has 2 aromatic rings. The Hall–Kier alpha value is -5.44. The number of aliphatic imine (C=N–C) groups is 1. The molecule has 236 valence electrons. The van der Waals surface area contributed by atoms with Gasteiger partial charge in [0.25, 0.3) is 17.7 Å². The van der Waals surface area contributed by atoms with Crippen LogP contribution in [0.2, 0.25) is 0 Å². The first-order valence-electron chi connectivity index (χ1n) is 15.2. The number of piperidine rings is 1. The van der Waals surface area contributed by atoms with E-state index in [0.717, 1.165) is 40.4 Å². The summed E-state index contributed by atoms with van der Waals surface area (Å²) in [6.45, 7) is 5.29. The summed E-state index contributed by atoms with van der Waals surface area (Å²) >= 11 is 0. The Balaban J connectivity index is 1.05. The predicted molar refractivity (Wildman–Crippen MR) is 170 cm³/mol. The molecule has 4 aliphatic heterocycles. The number of carbonyl (C=O) groups excluding carboxylic acids is 5. The van der Waals surface area contributed by atoms with Crippen molar-refractivity contribution >= 4 is 47.1 Å². The van der Waals surface area contributed by atoms with Crippen LogP contribution in [-0.4, -0.2) is 71.9 Å². The average molecular weight is 623 g/mol. The molecule has 5 amide bonds. The fourth-order valence-electron chi connectivity index (χ4n) is 5.81. The van der Waals surface area contributed by atoms with E-state index >= 15 is 0 Å². The second-order valence-corrected chi connectivity index (χ2v) is 12.2. The summed E-state index contributed by atoms with van der Waals surface area (Å²) in [5.74, 6) is 4.65. The average Bonchev–Trinajstić information content (AvgIpc) is 3.26. The molecular weight excluding hydrogens is 588 g/mol. The molecule has 0 radical (unpaired) electrons. The number of hydrogen-bond donors (Lipinski definition) is 3. The zero-order valence-electron chi connectivity index (χ0n) is 25.6. The Kier molecular flexibility index (Phi) is 8.08. The number of nitrogens with two attached hydrogens (primary N) is 1. The maximum absolute atomic E-state index is 13.2. The van der Waals surface area contributed by atoms with E-state index < -0.39 is 35.2 Å². The fraction of sp³-hybridized carbons (Fsp3) is 0.353. The lowest BCUT2D eigenvalue weighted by Gasteiger charge is -2.38. The molecule has 0 saturated carbocycles. The molecule has 0 aliphatic carbocycles. The van der Waals surface area contributed by atoms with Gasteiger partial charge in [0.2, 0.25) is 11.8 Å². The Labute approximate surface area is 266 Å². The predicted octanol–water partition coefficient (Wildman–Crippen LogP) is 2.18. The summed E-state index contributed by atoms with van der Waals surface area (Å²) in [7, 11) is 0. The van der Waals surface area contributed by atoms with Gasteiger partial charge in [-0.15, -0.1) is 0 Å². The fourth-order valence-corrected chi connectivity index (χ4v) is 5.81. The summed E-state index contributed by atoms with van der Waals surface area (Å²) in [6, 6.07) is 9.64. The quantitative estimate of drug-likeness (QED) is 0.251. The normalized spacial score (nSPS) is 20.0. The standard InChI is InChI=1S/C34H34N6O6/c1-34(2,33(45)37-26-6-3-7-28-24(26)5-4-14-46-28)36-17-20(16-35)8-9-21-18-39(19-21)22-10-11-23-25(15-22)32(44)40(31(23)43)27-12-13-29(41)38-30(27)42/h3,6-7,10-11,15-17,21,27H,4-5,12-14,18-19,35H2,1-2H3,(H,37,45)(H,38,41,42). The summed E-state index contributed by atoms with van der Waals surface area (Å²) in [6.07, 6.45) is 4.75. The van der Waals surface area contributed by atoms with E-state index in [1.54, 1.807) is 32.0 Å². The van der Waals surface area contributed by atoms with Crippen molar-refractivity contribution in [3.63, 3.8) is 0 Å². The first-order chi connectivity index (χ1) is 22.1. The maximum Gasteiger partial charge on any atom is 0.262 e. The van der Waals surface area contributed by atoms with Gasteiger partial charge in [0.1, 0.15) is 17.3 Å². The number of hydrogen-bond acceptors (Lipinski definition) is 9. The van der Waals surface area contributed by atoms with Crippen molar-refractivity contribution in [1.82, 2.24) is 10.2 Å². The van der Waals surface area contributed by atoms with Crippen LogP contribution >= 0.6 is 0 Å². The number of nitrogens with zero attached hydrogens (tertiary/aromatic N) is 3. The molecule has 12 heteroatoms. The monoisotopic (exact) mass is 622 g/mol. The number of amides is 5. The Morgan fingerprint density at radius 3 is 2.65 bits per heavy atom. The van der Waals surface area contributed by atoms with Gasteiger partial charge < -0.3 is 20.7 Å². The van der Waals surface area contributed by atoms with Crippen LogP contribution in [0.3, 0.4) is 0 Å². The molecule has 1 atom stereocenters. The van der Waals surface area contributed by atoms with Gasteiger partial charge in [-0.2, -0.15) is 0 Å². The van der Waals surface area contributed by atoms with Crippen molar-refractivity contribution in [2.75, 3.05) is 29.9 Å². The molecule has 2 saturated heterocycles. The van der Waals surface area contributed by atoms with Crippen LogP contribution in [0.1, 0.15) is 59.4 Å². The molecule has 2 fully saturated rings. The van der Waals surface area contributed by atoms with Gasteiger partial charge in [-0.25, -0.2) is 0 Å². The first-order valence-corrected chi connectivity index (χ1v) is 15.2. The third kappa shape index (κ3) is 5.83. The van der Waals surface area contributed by atoms with Crippen LogP contribution in [-0.2, 0) is 20.8 Å². The van der Waals surface area contributed by atoms with Crippen molar-refractivity contribution in [3.05, 3.63) is 64.9 Å². The first kappa shape index (κ1) is 30.6. The van der Waals surface area contributed by atoms with Crippen molar-refractivity contribution in [3.8, 4) is 17.6 Å². The van der Waals surface area contributed by atoms with E-state index in [2.05, 4.69) is 27.5 Å². The highest BCUT2D eigenvalue weighted by molar-refractivity contribution is 6.23. The zero-order chi connectivity index (χ0) is 32.6. The lowest BCUT2D eigenvalue weighted by Crippen LogP contribution is -2.54. The number of ether oxygens (including phenoxy) is 1. The second-order valence-electron chi connectivity index (χ2n) is 12.2. The summed E-state index contributed by atoms with van der Waals surface area (Å²) < 4.78 is 5.70. The molecule has 4 heterocycles. The molecule has 0 spiro atoms. The smallest absolute Gasteiger partial charge is 0.262 e. The topological polar surface area (TPSA) is 164 Å². The molecule has 6 rings (SSSR count). The maximum atomic E-state index is 13.2. The number of anilines is 2. The number of carbonyl (C=O) groups is 5. The van der Waals surface area contributed by atoms with Gasteiger partial charge in [0.15, 0.2) is 0 Å². The number of benzene rings is 2. The molecule has 46 heavy (non-hydrogen) atoms. The highest BCUT2D eigenvalue weighted by Gasteiger charge is 2.45. The number of rotatable bonds is 6. The minimum Gasteiger partial charge on any atom is -0.493 e. The molecule has 0 bridgehead atoms. The summed E-state index contributed by atoms with van der Waals surface area (Å²) in [5.41, 5.74) is 8.15. The number of imide groups is 2. The molecule has 4 N–H and O–H groups in total. The third-order valence-corrected chi connectivity index (χ3v) is 8.56. The largest absolute Gasteiger partial charge is 0.493 e. The van der Waals surface area contributed by atoms with Crippen LogP contribution in [0.15, 0.2) is 53.2 Å². The van der Waals surface area contributed by atoms with E-state index in [1.165, 1.54) is 12.4 Å². The SMILES string of the molecule is CC(C)(N=CC(C#CC1CN(c2ccc3c(c2)C(=O)N(C2CCC(=O)NC2=O)C3=O)C1)=CN)C(=O)Nc1cccc2c1CCCO2. The zero-order valence-corrected chi connectivity index (χ0v) is 25.6. The third-order valence-electron chi connectivity index (χ3n) is 8.56. The number of allylic oxidation sites excluding steroid dienone is 1. The Bertz CT molecular complexity index is 1780. The van der Waals surface area contributed by atoms with E-state index in [0.29, 0.717) is 25.3 Å². The molecule has 4 aliphatic rings. The van der Waals surface area contributed by atoms with Gasteiger partial charge in [-0.05, 0) is 63.4 Å². The molecule has 2 aromatic carbocycles. The Morgan fingerprint density at radius 1 is 1.11 bits per heavy atom. The van der Waals surface area contributed by atoms with Crippen LogP contribution in [0.4, 0.5) is 11.4 Å². The second kappa shape index (κ2) is 12.2. The van der Waals surface area contributed by atoms with E-state index in [9.17, 15) is 24.0 Å². The van der Waals surface area contributed by atoms with Crippen molar-refractivity contribution in [2.45, 2.75) is 51.1 Å². The van der Waals surface area contributed by atoms with Crippen LogP contribution < -0.4 is 26.0 Å². The lowest BCUT2D eigenvalue weighted by atomic mass is 9.98. The number of fused-ring (bicyclic) bond motifs is 2. The molecule has 0 aromatic heterocycles. The Morgan fingerprint density at radius 2 is 1.89 bits per heavy atom. The summed E-state index contributed by atoms with van der Waals surface area (Å²) in [5, 5.41) is 5.19. The van der Waals surface area contributed by atoms with Gasteiger partial charge >= 0.3 is 0 Å². The van der Waals surface area contributed by atoms with Crippen LogP contribution in [0.5, 0.6) is 5.75 Å². The van der Waals surface area contributed by atoms with E-state index in [4.69, 9.17) is 10.5 Å². The molecule has 12 nitrogen and oxygen atoms in total. The van der Waals surface area contributed by atoms with E-state index in [-0.39, 0.29) is 35.8 Å². The lowest BCUT2D eigenvalue weighted by molar-refractivity contribution is -0.136. The van der Waals surface area contributed by atoms with E-state index in [1.807, 2.05) is 23.1 Å². The van der Waals surface area contributed by atoms with Crippen LogP contribution in [0.25, 0.3) is 0 Å². The van der Waals surface area contributed by atoms with Gasteiger partial charge in [-0.3, -0.25) is 39.2 Å². The van der Waals surface area contributed by atoms with Gasteiger partial charge in [0.05, 0.1) is 29.2 Å². The van der Waals surface area contributed by atoms with Gasteiger partial charge in [-0.1, -0.05) is 17.9 Å². The van der Waals surface area contributed by atoms with Crippen LogP contribution in [0, 0.1) is 17.8 Å². The number of nitrogens with one attached hydrogen (secondary N) is 2. The van der Waals surface area contributed by atoms with Crippen molar-refractivity contribution < 1.29 is 28.7 Å². The summed E-state index contributed by atoms with van der Waals surface area (Å²) in [4.78, 5) is 70.6. The minimum atomic E-state index is -1.08. The van der Waals surface area contributed by atoms with Crippen molar-refractivity contribution in [1.29, 1.82) is 0 Å². The minimum absolute atomic E-state index is 0.0247. The highest BCUT2D eigenvalue weighted by atomic mass is 16.5. The van der Waals surface area contributed by atoms with Crippen molar-refractivity contribution in [2.24, 2.45) is 16.6 Å². The van der Waals surface area contributed by atoms with Gasteiger partial charge in [0, 0.05) is 48.9 Å². The molecular formula is C34H34N6O6.